The SMILES string of the molecule is CC(C)OCCN(C)CCc1nc2ccc(N)cc2[nH]1. The minimum absolute atomic E-state index is 0.296. The van der Waals surface area contributed by atoms with E-state index >= 15 is 0 Å². The lowest BCUT2D eigenvalue weighted by Gasteiger charge is -2.16. The summed E-state index contributed by atoms with van der Waals surface area (Å²) >= 11 is 0. The Hall–Kier alpha value is -1.59. The lowest BCUT2D eigenvalue weighted by molar-refractivity contribution is 0.0640. The number of rotatable bonds is 7. The van der Waals surface area contributed by atoms with E-state index in [4.69, 9.17) is 10.5 Å². The minimum Gasteiger partial charge on any atom is -0.399 e. The van der Waals surface area contributed by atoms with Crippen molar-refractivity contribution >= 4 is 16.7 Å². The molecule has 0 radical (unpaired) electrons. The number of anilines is 1. The number of likely N-dealkylation sites (N-methyl/N-ethyl adjacent to an activating group) is 1. The zero-order valence-corrected chi connectivity index (χ0v) is 12.5. The number of nitrogens with two attached hydrogens (primary N) is 1. The van der Waals surface area contributed by atoms with Gasteiger partial charge in [0.15, 0.2) is 0 Å². The molecule has 0 fully saturated rings. The Labute approximate surface area is 120 Å². The van der Waals surface area contributed by atoms with Gasteiger partial charge in [-0.05, 0) is 39.1 Å². The summed E-state index contributed by atoms with van der Waals surface area (Å²) in [5.41, 5.74) is 8.50. The van der Waals surface area contributed by atoms with Gasteiger partial charge in [-0.25, -0.2) is 4.98 Å². The topological polar surface area (TPSA) is 67.2 Å². The molecule has 3 N–H and O–H groups in total. The van der Waals surface area contributed by atoms with Gasteiger partial charge in [-0.1, -0.05) is 0 Å². The highest BCUT2D eigenvalue weighted by molar-refractivity contribution is 5.78. The third kappa shape index (κ3) is 4.21. The van der Waals surface area contributed by atoms with E-state index in [9.17, 15) is 0 Å². The number of hydrogen-bond donors (Lipinski definition) is 2. The second-order valence-electron chi connectivity index (χ2n) is 5.43. The molecule has 0 aliphatic rings. The van der Waals surface area contributed by atoms with E-state index < -0.39 is 0 Å². The Morgan fingerprint density at radius 1 is 1.35 bits per heavy atom. The molecule has 0 unspecified atom stereocenters. The summed E-state index contributed by atoms with van der Waals surface area (Å²) in [6.45, 7) is 6.77. The van der Waals surface area contributed by atoms with E-state index in [0.717, 1.165) is 48.7 Å². The molecule has 0 amide bonds. The maximum absolute atomic E-state index is 5.76. The molecule has 0 saturated heterocycles. The number of fused-ring (bicyclic) bond motifs is 1. The van der Waals surface area contributed by atoms with Crippen LogP contribution >= 0.6 is 0 Å². The van der Waals surface area contributed by atoms with Gasteiger partial charge in [0.05, 0.1) is 23.7 Å². The fraction of sp³-hybridized carbons (Fsp3) is 0.533. The summed E-state index contributed by atoms with van der Waals surface area (Å²) in [6, 6.07) is 5.75. The van der Waals surface area contributed by atoms with Crippen molar-refractivity contribution in [2.75, 3.05) is 32.5 Å². The van der Waals surface area contributed by atoms with E-state index in [1.807, 2.05) is 18.2 Å². The number of nitrogens with zero attached hydrogens (tertiary/aromatic N) is 2. The number of aromatic amines is 1. The van der Waals surface area contributed by atoms with Crippen LogP contribution in [0.3, 0.4) is 0 Å². The highest BCUT2D eigenvalue weighted by Gasteiger charge is 2.05. The van der Waals surface area contributed by atoms with Gasteiger partial charge < -0.3 is 20.4 Å². The predicted octanol–water partition coefficient (Wildman–Crippen LogP) is 2.04. The molecule has 1 aromatic carbocycles. The normalized spacial score (nSPS) is 11.8. The summed E-state index contributed by atoms with van der Waals surface area (Å²) in [7, 11) is 2.10. The quantitative estimate of drug-likeness (QED) is 0.759. The van der Waals surface area contributed by atoms with E-state index in [2.05, 4.69) is 35.8 Å². The van der Waals surface area contributed by atoms with Crippen LogP contribution in [0.4, 0.5) is 5.69 Å². The largest absolute Gasteiger partial charge is 0.399 e. The average Bonchev–Trinajstić information content (AvgIpc) is 2.77. The Morgan fingerprint density at radius 3 is 2.90 bits per heavy atom. The van der Waals surface area contributed by atoms with E-state index in [-0.39, 0.29) is 0 Å². The van der Waals surface area contributed by atoms with E-state index in [1.165, 1.54) is 0 Å². The van der Waals surface area contributed by atoms with Crippen molar-refractivity contribution in [2.24, 2.45) is 0 Å². The first-order chi connectivity index (χ1) is 9.54. The van der Waals surface area contributed by atoms with E-state index in [1.54, 1.807) is 0 Å². The van der Waals surface area contributed by atoms with Crippen LogP contribution in [0.15, 0.2) is 18.2 Å². The number of imidazole rings is 1. The Kier molecular flexibility index (Phi) is 4.98. The monoisotopic (exact) mass is 276 g/mol. The van der Waals surface area contributed by atoms with E-state index in [0.29, 0.717) is 6.10 Å². The first-order valence-electron chi connectivity index (χ1n) is 7.09. The number of ether oxygens (including phenoxy) is 1. The maximum Gasteiger partial charge on any atom is 0.108 e. The smallest absolute Gasteiger partial charge is 0.108 e. The molecule has 0 aliphatic carbocycles. The van der Waals surface area contributed by atoms with Crippen LogP contribution in [0, 0.1) is 0 Å². The minimum atomic E-state index is 0.296. The maximum atomic E-state index is 5.76. The Balaban J connectivity index is 1.83. The molecule has 2 rings (SSSR count). The highest BCUT2D eigenvalue weighted by Crippen LogP contribution is 2.15. The van der Waals surface area contributed by atoms with Crippen LogP contribution in [0.2, 0.25) is 0 Å². The average molecular weight is 276 g/mol. The molecule has 1 heterocycles. The lowest BCUT2D eigenvalue weighted by Crippen LogP contribution is -2.26. The molecule has 0 saturated carbocycles. The molecular formula is C15H24N4O. The molecule has 5 heteroatoms. The first-order valence-corrected chi connectivity index (χ1v) is 7.09. The van der Waals surface area contributed by atoms with Gasteiger partial charge in [-0.3, -0.25) is 0 Å². The molecular weight excluding hydrogens is 252 g/mol. The third-order valence-electron chi connectivity index (χ3n) is 3.21. The number of aromatic nitrogens is 2. The van der Waals surface area contributed by atoms with Gasteiger partial charge in [0, 0.05) is 25.2 Å². The highest BCUT2D eigenvalue weighted by atomic mass is 16.5. The fourth-order valence-corrected chi connectivity index (χ4v) is 2.05. The Bertz CT molecular complexity index is 550. The van der Waals surface area contributed by atoms with Crippen molar-refractivity contribution in [3.63, 3.8) is 0 Å². The summed E-state index contributed by atoms with van der Waals surface area (Å²) in [5.74, 6) is 1.00. The van der Waals surface area contributed by atoms with Gasteiger partial charge >= 0.3 is 0 Å². The lowest BCUT2D eigenvalue weighted by atomic mass is 10.3. The van der Waals surface area contributed by atoms with Crippen LogP contribution < -0.4 is 5.73 Å². The van der Waals surface area contributed by atoms with Crippen molar-refractivity contribution in [1.82, 2.24) is 14.9 Å². The third-order valence-corrected chi connectivity index (χ3v) is 3.21. The van der Waals surface area contributed by atoms with Gasteiger partial charge in [-0.2, -0.15) is 0 Å². The zero-order valence-electron chi connectivity index (χ0n) is 12.5. The molecule has 0 bridgehead atoms. The van der Waals surface area contributed by atoms with Crippen LogP contribution in [0.5, 0.6) is 0 Å². The second-order valence-corrected chi connectivity index (χ2v) is 5.43. The summed E-state index contributed by atoms with van der Waals surface area (Å²) in [6.07, 6.45) is 1.19. The number of H-pyrrole nitrogens is 1. The molecule has 5 nitrogen and oxygen atoms in total. The van der Waals surface area contributed by atoms with Crippen molar-refractivity contribution in [2.45, 2.75) is 26.4 Å². The second kappa shape index (κ2) is 6.72. The van der Waals surface area contributed by atoms with Crippen LogP contribution in [0.25, 0.3) is 11.0 Å². The van der Waals surface area contributed by atoms with Crippen LogP contribution in [0.1, 0.15) is 19.7 Å². The molecule has 0 spiro atoms. The Morgan fingerprint density at radius 2 is 2.15 bits per heavy atom. The van der Waals surface area contributed by atoms with Crippen LogP contribution in [-0.2, 0) is 11.2 Å². The zero-order chi connectivity index (χ0) is 14.5. The first kappa shape index (κ1) is 14.8. The van der Waals surface area contributed by atoms with Crippen molar-refractivity contribution in [1.29, 1.82) is 0 Å². The fourth-order valence-electron chi connectivity index (χ4n) is 2.05. The number of benzene rings is 1. The molecule has 0 atom stereocenters. The van der Waals surface area contributed by atoms with Gasteiger partial charge in [-0.15, -0.1) is 0 Å². The van der Waals surface area contributed by atoms with Gasteiger partial charge in [0.25, 0.3) is 0 Å². The summed E-state index contributed by atoms with van der Waals surface area (Å²) in [5, 5.41) is 0. The molecule has 0 aliphatic heterocycles. The molecule has 20 heavy (non-hydrogen) atoms. The van der Waals surface area contributed by atoms with Crippen molar-refractivity contribution in [3.05, 3.63) is 24.0 Å². The standard InChI is InChI=1S/C15H24N4O/c1-11(2)20-9-8-19(3)7-6-15-17-13-5-4-12(16)10-14(13)18-15/h4-5,10-11H,6-9,16H2,1-3H3,(H,17,18). The molecule has 2 aromatic rings. The summed E-state index contributed by atoms with van der Waals surface area (Å²) < 4.78 is 5.55. The molecule has 1 aromatic heterocycles. The number of nitrogens with one attached hydrogen (secondary N) is 1. The molecule has 110 valence electrons. The van der Waals surface area contributed by atoms with Gasteiger partial charge in [0.2, 0.25) is 0 Å². The predicted molar refractivity (Wildman–Crippen MR) is 82.8 cm³/mol. The summed E-state index contributed by atoms with van der Waals surface area (Å²) in [4.78, 5) is 10.1. The number of nitrogen functional groups attached to an aromatic ring is 1. The van der Waals surface area contributed by atoms with Crippen molar-refractivity contribution in [3.8, 4) is 0 Å². The van der Waals surface area contributed by atoms with Gasteiger partial charge in [0.1, 0.15) is 5.82 Å². The van der Waals surface area contributed by atoms with Crippen molar-refractivity contribution < 1.29 is 4.74 Å². The van der Waals surface area contributed by atoms with Crippen LogP contribution in [-0.4, -0.2) is 47.7 Å². The number of hydrogen-bond acceptors (Lipinski definition) is 4.